The van der Waals surface area contributed by atoms with Crippen molar-refractivity contribution in [1.82, 2.24) is 14.8 Å². The Hall–Kier alpha value is -3.61. The Kier molecular flexibility index (Phi) is 4.80. The molecule has 0 aliphatic heterocycles. The number of nitrogens with zero attached hydrogens (tertiary/aromatic N) is 4. The lowest BCUT2D eigenvalue weighted by molar-refractivity contribution is 0.336. The standard InChI is InChI=1S/C21H20N4O3/c1-3-27-18-13-19(26)24(2)23-20(18)25(14-15-9-5-4-6-10-15)21-22-16-11-7-8-12-17(16)28-21/h4-13H,3,14H2,1-2H3. The lowest BCUT2D eigenvalue weighted by Gasteiger charge is -2.22. The van der Waals surface area contributed by atoms with E-state index in [9.17, 15) is 4.79 Å². The molecule has 0 N–H and O–H groups in total. The van der Waals surface area contributed by atoms with Crippen molar-refractivity contribution in [3.05, 3.63) is 76.6 Å². The van der Waals surface area contributed by atoms with E-state index in [1.54, 1.807) is 7.05 Å². The second kappa shape index (κ2) is 7.56. The van der Waals surface area contributed by atoms with Gasteiger partial charge in [-0.2, -0.15) is 4.98 Å². The number of oxazole rings is 1. The molecule has 4 aromatic rings. The summed E-state index contributed by atoms with van der Waals surface area (Å²) in [4.78, 5) is 18.5. The average Bonchev–Trinajstić information content (AvgIpc) is 3.14. The van der Waals surface area contributed by atoms with Crippen LogP contribution in [0.5, 0.6) is 5.75 Å². The molecule has 0 saturated carbocycles. The van der Waals surface area contributed by atoms with Crippen molar-refractivity contribution in [2.75, 3.05) is 11.5 Å². The highest BCUT2D eigenvalue weighted by Crippen LogP contribution is 2.33. The number of ether oxygens (including phenoxy) is 1. The molecule has 2 aromatic heterocycles. The highest BCUT2D eigenvalue weighted by atomic mass is 16.5. The molecular formula is C21H20N4O3. The molecule has 0 atom stereocenters. The lowest BCUT2D eigenvalue weighted by atomic mass is 10.2. The number of anilines is 2. The summed E-state index contributed by atoms with van der Waals surface area (Å²) in [5, 5.41) is 4.44. The van der Waals surface area contributed by atoms with E-state index in [2.05, 4.69) is 10.1 Å². The van der Waals surface area contributed by atoms with Crippen LogP contribution < -0.4 is 15.2 Å². The maximum absolute atomic E-state index is 12.1. The van der Waals surface area contributed by atoms with E-state index >= 15 is 0 Å². The summed E-state index contributed by atoms with van der Waals surface area (Å²) in [7, 11) is 1.61. The lowest BCUT2D eigenvalue weighted by Crippen LogP contribution is -2.26. The van der Waals surface area contributed by atoms with Gasteiger partial charge in [0.15, 0.2) is 17.2 Å². The van der Waals surface area contributed by atoms with Gasteiger partial charge in [0.05, 0.1) is 19.2 Å². The highest BCUT2D eigenvalue weighted by molar-refractivity contribution is 5.75. The fourth-order valence-corrected chi connectivity index (χ4v) is 2.93. The van der Waals surface area contributed by atoms with Crippen molar-refractivity contribution in [3.63, 3.8) is 0 Å². The molecule has 2 aromatic carbocycles. The largest absolute Gasteiger partial charge is 0.490 e. The van der Waals surface area contributed by atoms with Crippen molar-refractivity contribution >= 4 is 22.9 Å². The van der Waals surface area contributed by atoms with E-state index in [-0.39, 0.29) is 5.56 Å². The summed E-state index contributed by atoms with van der Waals surface area (Å²) in [5.41, 5.74) is 2.23. The third-order valence-corrected chi connectivity index (χ3v) is 4.29. The van der Waals surface area contributed by atoms with Crippen molar-refractivity contribution in [3.8, 4) is 5.75 Å². The average molecular weight is 376 g/mol. The molecule has 0 unspecified atom stereocenters. The SMILES string of the molecule is CCOc1cc(=O)n(C)nc1N(Cc1ccccc1)c1nc2ccccc2o1. The number of fused-ring (bicyclic) bond motifs is 1. The second-order valence-electron chi connectivity index (χ2n) is 6.26. The van der Waals surface area contributed by atoms with Gasteiger partial charge in [0.25, 0.3) is 5.56 Å². The van der Waals surface area contributed by atoms with E-state index in [0.717, 1.165) is 11.1 Å². The van der Waals surface area contributed by atoms with Gasteiger partial charge in [-0.25, -0.2) is 4.68 Å². The monoisotopic (exact) mass is 376 g/mol. The molecule has 0 amide bonds. The van der Waals surface area contributed by atoms with Crippen LogP contribution in [-0.2, 0) is 13.6 Å². The first-order valence-corrected chi connectivity index (χ1v) is 9.04. The zero-order valence-electron chi connectivity index (χ0n) is 15.7. The molecule has 7 nitrogen and oxygen atoms in total. The minimum Gasteiger partial charge on any atom is -0.490 e. The third kappa shape index (κ3) is 3.46. The zero-order valence-corrected chi connectivity index (χ0v) is 15.7. The predicted molar refractivity (Wildman–Crippen MR) is 107 cm³/mol. The first-order valence-electron chi connectivity index (χ1n) is 9.04. The summed E-state index contributed by atoms with van der Waals surface area (Å²) in [6.07, 6.45) is 0. The number of hydrogen-bond donors (Lipinski definition) is 0. The third-order valence-electron chi connectivity index (χ3n) is 4.29. The summed E-state index contributed by atoms with van der Waals surface area (Å²) in [6, 6.07) is 19.3. The van der Waals surface area contributed by atoms with Gasteiger partial charge in [-0.3, -0.25) is 9.69 Å². The minimum atomic E-state index is -0.246. The number of aryl methyl sites for hydroxylation is 1. The van der Waals surface area contributed by atoms with Gasteiger partial charge in [0.2, 0.25) is 0 Å². The van der Waals surface area contributed by atoms with E-state index in [1.807, 2.05) is 66.4 Å². The van der Waals surface area contributed by atoms with Crippen molar-refractivity contribution in [2.24, 2.45) is 7.05 Å². The number of para-hydroxylation sites is 2. The zero-order chi connectivity index (χ0) is 19.5. The van der Waals surface area contributed by atoms with Crippen LogP contribution in [0, 0.1) is 0 Å². The maximum Gasteiger partial charge on any atom is 0.304 e. The number of aromatic nitrogens is 3. The fraction of sp³-hybridized carbons (Fsp3) is 0.190. The molecule has 0 radical (unpaired) electrons. The first kappa shape index (κ1) is 17.8. The van der Waals surface area contributed by atoms with Crippen LogP contribution in [0.1, 0.15) is 12.5 Å². The Morgan fingerprint density at radius 2 is 1.86 bits per heavy atom. The van der Waals surface area contributed by atoms with Gasteiger partial charge >= 0.3 is 6.01 Å². The van der Waals surface area contributed by atoms with Crippen LogP contribution in [0.2, 0.25) is 0 Å². The second-order valence-corrected chi connectivity index (χ2v) is 6.26. The van der Waals surface area contributed by atoms with Crippen LogP contribution >= 0.6 is 0 Å². The van der Waals surface area contributed by atoms with E-state index < -0.39 is 0 Å². The molecule has 2 heterocycles. The van der Waals surface area contributed by atoms with E-state index in [1.165, 1.54) is 10.7 Å². The van der Waals surface area contributed by atoms with Crippen molar-refractivity contribution in [1.29, 1.82) is 0 Å². The van der Waals surface area contributed by atoms with Gasteiger partial charge in [-0.15, -0.1) is 5.10 Å². The van der Waals surface area contributed by atoms with Crippen LogP contribution in [0.3, 0.4) is 0 Å². The molecule has 0 bridgehead atoms. The predicted octanol–water partition coefficient (Wildman–Crippen LogP) is 3.66. The van der Waals surface area contributed by atoms with Gasteiger partial charge in [-0.05, 0) is 24.6 Å². The first-order chi connectivity index (χ1) is 13.7. The molecule has 28 heavy (non-hydrogen) atoms. The Labute approximate surface area is 161 Å². The number of hydrogen-bond acceptors (Lipinski definition) is 6. The molecule has 0 spiro atoms. The van der Waals surface area contributed by atoms with Crippen LogP contribution in [-0.4, -0.2) is 21.4 Å². The van der Waals surface area contributed by atoms with Crippen molar-refractivity contribution < 1.29 is 9.15 Å². The normalized spacial score (nSPS) is 10.9. The highest BCUT2D eigenvalue weighted by Gasteiger charge is 2.23. The molecule has 0 aliphatic carbocycles. The summed E-state index contributed by atoms with van der Waals surface area (Å²) in [6.45, 7) is 2.73. The van der Waals surface area contributed by atoms with E-state index in [0.29, 0.717) is 36.3 Å². The van der Waals surface area contributed by atoms with Gasteiger partial charge < -0.3 is 9.15 Å². The Morgan fingerprint density at radius 1 is 1.11 bits per heavy atom. The maximum atomic E-state index is 12.1. The molecule has 0 fully saturated rings. The Balaban J connectivity index is 1.88. The summed E-state index contributed by atoms with van der Waals surface area (Å²) in [5.74, 6) is 0.864. The minimum absolute atomic E-state index is 0.246. The van der Waals surface area contributed by atoms with Gasteiger partial charge in [0, 0.05) is 7.05 Å². The molecule has 7 heteroatoms. The molecule has 0 saturated heterocycles. The Bertz CT molecular complexity index is 1120. The Morgan fingerprint density at radius 3 is 2.61 bits per heavy atom. The van der Waals surface area contributed by atoms with Gasteiger partial charge in [-0.1, -0.05) is 42.5 Å². The summed E-state index contributed by atoms with van der Waals surface area (Å²) >= 11 is 0. The molecular weight excluding hydrogens is 356 g/mol. The smallest absolute Gasteiger partial charge is 0.304 e. The van der Waals surface area contributed by atoms with Crippen LogP contribution in [0.15, 0.2) is 69.9 Å². The topological polar surface area (TPSA) is 73.4 Å². The number of rotatable bonds is 6. The molecule has 0 aliphatic rings. The van der Waals surface area contributed by atoms with E-state index in [4.69, 9.17) is 9.15 Å². The van der Waals surface area contributed by atoms with Crippen LogP contribution in [0.25, 0.3) is 11.1 Å². The van der Waals surface area contributed by atoms with Crippen LogP contribution in [0.4, 0.5) is 11.8 Å². The van der Waals surface area contributed by atoms with Crippen molar-refractivity contribution in [2.45, 2.75) is 13.5 Å². The fourth-order valence-electron chi connectivity index (χ4n) is 2.93. The molecule has 142 valence electrons. The quantitative estimate of drug-likeness (QED) is 0.511. The molecule has 4 rings (SSSR count). The van der Waals surface area contributed by atoms with Gasteiger partial charge in [0.1, 0.15) is 5.52 Å². The summed E-state index contributed by atoms with van der Waals surface area (Å²) < 4.78 is 13.0. The number of benzene rings is 2.